The van der Waals surface area contributed by atoms with Crippen LogP contribution in [0.1, 0.15) is 50.4 Å². The predicted octanol–water partition coefficient (Wildman–Crippen LogP) is 3.91. The Kier molecular flexibility index (Phi) is 6.22. The van der Waals surface area contributed by atoms with Gasteiger partial charge in [0.15, 0.2) is 5.82 Å². The summed E-state index contributed by atoms with van der Waals surface area (Å²) >= 11 is 3.57. The zero-order valence-corrected chi connectivity index (χ0v) is 17.7. The number of amides is 1. The molecule has 0 aliphatic carbocycles. The van der Waals surface area contributed by atoms with Crippen molar-refractivity contribution >= 4 is 27.7 Å². The first-order valence-corrected chi connectivity index (χ1v) is 10.1. The predicted molar refractivity (Wildman–Crippen MR) is 110 cm³/mol. The first-order valence-electron chi connectivity index (χ1n) is 9.34. The van der Waals surface area contributed by atoms with E-state index < -0.39 is 0 Å². The second-order valence-corrected chi connectivity index (χ2v) is 8.71. The molecule has 1 aromatic carbocycles. The molecule has 1 aromatic heterocycles. The van der Waals surface area contributed by atoms with E-state index in [1.807, 2.05) is 6.07 Å². The van der Waals surface area contributed by atoms with Gasteiger partial charge in [0, 0.05) is 18.5 Å². The highest BCUT2D eigenvalue weighted by Gasteiger charge is 2.18. The minimum absolute atomic E-state index is 0.0337. The summed E-state index contributed by atoms with van der Waals surface area (Å²) in [5, 5.41) is 13.4. The van der Waals surface area contributed by atoms with E-state index in [0.29, 0.717) is 25.3 Å². The molecule has 7 heteroatoms. The number of H-pyrrole nitrogens is 1. The van der Waals surface area contributed by atoms with Crippen LogP contribution >= 0.6 is 15.9 Å². The Morgan fingerprint density at radius 3 is 2.93 bits per heavy atom. The molecule has 2 aromatic rings. The highest BCUT2D eigenvalue weighted by atomic mass is 79.9. The molecular formula is C20H27BrN4O2. The number of benzene rings is 1. The maximum Gasteiger partial charge on any atom is 0.225 e. The number of halogens is 1. The van der Waals surface area contributed by atoms with Crippen LogP contribution in [-0.4, -0.2) is 29.3 Å². The van der Waals surface area contributed by atoms with Crippen LogP contribution in [0.15, 0.2) is 22.7 Å². The average molecular weight is 435 g/mol. The van der Waals surface area contributed by atoms with Crippen molar-refractivity contribution in [1.29, 1.82) is 0 Å². The highest BCUT2D eigenvalue weighted by molar-refractivity contribution is 9.10. The van der Waals surface area contributed by atoms with Crippen LogP contribution in [0.4, 0.5) is 5.82 Å². The van der Waals surface area contributed by atoms with Crippen molar-refractivity contribution < 1.29 is 9.53 Å². The van der Waals surface area contributed by atoms with E-state index in [9.17, 15) is 4.79 Å². The number of carbonyl (C=O) groups excluding carboxylic acids is 1. The number of fused-ring (bicyclic) bond motifs is 1. The van der Waals surface area contributed by atoms with Crippen molar-refractivity contribution in [1.82, 2.24) is 15.5 Å². The van der Waals surface area contributed by atoms with Gasteiger partial charge in [-0.15, -0.1) is 0 Å². The molecule has 0 unspecified atom stereocenters. The average Bonchev–Trinajstić information content (AvgIpc) is 3.02. The van der Waals surface area contributed by atoms with Gasteiger partial charge in [-0.25, -0.2) is 0 Å². The van der Waals surface area contributed by atoms with Gasteiger partial charge in [0.25, 0.3) is 0 Å². The molecule has 0 saturated heterocycles. The van der Waals surface area contributed by atoms with E-state index in [-0.39, 0.29) is 11.3 Å². The van der Waals surface area contributed by atoms with Gasteiger partial charge >= 0.3 is 0 Å². The standard InChI is InChI=1S/C20H27BrN4O2/c1-20(2,3)13-6-7-17(15(21)11-13)27-10-4-5-18(26)23-19-14-8-9-22-12-16(14)24-25-19/h6-7,11,22H,4-5,8-10,12H2,1-3H3,(H2,23,24,25,26). The number of hydrogen-bond acceptors (Lipinski definition) is 4. The molecule has 2 heterocycles. The van der Waals surface area contributed by atoms with Crippen LogP contribution < -0.4 is 15.4 Å². The van der Waals surface area contributed by atoms with Crippen molar-refractivity contribution in [2.24, 2.45) is 0 Å². The SMILES string of the molecule is CC(C)(C)c1ccc(OCCCC(=O)Nc2n[nH]c3c2CCNC3)c(Br)c1. The van der Waals surface area contributed by atoms with Crippen molar-refractivity contribution in [2.75, 3.05) is 18.5 Å². The lowest BCUT2D eigenvalue weighted by molar-refractivity contribution is -0.116. The van der Waals surface area contributed by atoms with Gasteiger partial charge < -0.3 is 15.4 Å². The van der Waals surface area contributed by atoms with E-state index in [1.54, 1.807) is 0 Å². The molecule has 27 heavy (non-hydrogen) atoms. The monoisotopic (exact) mass is 434 g/mol. The summed E-state index contributed by atoms with van der Waals surface area (Å²) in [5.41, 5.74) is 3.52. The summed E-state index contributed by atoms with van der Waals surface area (Å²) in [5.74, 6) is 1.43. The number of anilines is 1. The van der Waals surface area contributed by atoms with E-state index in [2.05, 4.69) is 69.7 Å². The fourth-order valence-electron chi connectivity index (χ4n) is 3.04. The molecular weight excluding hydrogens is 408 g/mol. The molecule has 1 aliphatic rings. The van der Waals surface area contributed by atoms with Crippen LogP contribution in [0.3, 0.4) is 0 Å². The van der Waals surface area contributed by atoms with Gasteiger partial charge in [-0.05, 0) is 58.4 Å². The van der Waals surface area contributed by atoms with Crippen LogP contribution in [0.5, 0.6) is 5.75 Å². The fraction of sp³-hybridized carbons (Fsp3) is 0.500. The normalized spacial score (nSPS) is 13.9. The minimum Gasteiger partial charge on any atom is -0.492 e. The maximum absolute atomic E-state index is 12.2. The summed E-state index contributed by atoms with van der Waals surface area (Å²) in [6.45, 7) is 8.72. The first kappa shape index (κ1) is 19.9. The third-order valence-corrected chi connectivity index (χ3v) is 5.29. The summed E-state index contributed by atoms with van der Waals surface area (Å²) in [6.07, 6.45) is 1.92. The van der Waals surface area contributed by atoms with Crippen molar-refractivity contribution in [3.63, 3.8) is 0 Å². The van der Waals surface area contributed by atoms with Gasteiger partial charge in [-0.2, -0.15) is 5.10 Å². The lowest BCUT2D eigenvalue weighted by atomic mass is 9.87. The largest absolute Gasteiger partial charge is 0.492 e. The number of nitrogens with one attached hydrogen (secondary N) is 3. The number of hydrogen-bond donors (Lipinski definition) is 3. The lowest BCUT2D eigenvalue weighted by Crippen LogP contribution is -2.24. The molecule has 0 atom stereocenters. The second kappa shape index (κ2) is 8.44. The smallest absolute Gasteiger partial charge is 0.225 e. The Morgan fingerprint density at radius 1 is 1.37 bits per heavy atom. The molecule has 0 radical (unpaired) electrons. The third kappa shape index (κ3) is 5.11. The van der Waals surface area contributed by atoms with E-state index in [1.165, 1.54) is 5.56 Å². The first-order chi connectivity index (χ1) is 12.8. The van der Waals surface area contributed by atoms with Crippen LogP contribution in [0, 0.1) is 0 Å². The van der Waals surface area contributed by atoms with Gasteiger partial charge in [-0.3, -0.25) is 9.89 Å². The Morgan fingerprint density at radius 2 is 2.19 bits per heavy atom. The number of nitrogens with zero attached hydrogens (tertiary/aromatic N) is 1. The number of aromatic nitrogens is 2. The van der Waals surface area contributed by atoms with E-state index >= 15 is 0 Å². The summed E-state index contributed by atoms with van der Waals surface area (Å²) < 4.78 is 6.76. The summed E-state index contributed by atoms with van der Waals surface area (Å²) in [6, 6.07) is 6.16. The zero-order chi connectivity index (χ0) is 19.4. The molecule has 6 nitrogen and oxygen atoms in total. The van der Waals surface area contributed by atoms with Crippen molar-refractivity contribution in [3.05, 3.63) is 39.5 Å². The third-order valence-electron chi connectivity index (χ3n) is 4.67. The highest BCUT2D eigenvalue weighted by Crippen LogP contribution is 2.31. The molecule has 0 saturated carbocycles. The van der Waals surface area contributed by atoms with Crippen molar-refractivity contribution in [2.45, 2.75) is 52.0 Å². The quantitative estimate of drug-likeness (QED) is 0.602. The molecule has 1 amide bonds. The lowest BCUT2D eigenvalue weighted by Gasteiger charge is -2.20. The minimum atomic E-state index is -0.0337. The maximum atomic E-state index is 12.2. The molecule has 0 spiro atoms. The molecule has 0 bridgehead atoms. The summed E-state index contributed by atoms with van der Waals surface area (Å²) in [7, 11) is 0. The number of ether oxygens (including phenoxy) is 1. The number of aromatic amines is 1. The van der Waals surface area contributed by atoms with Crippen molar-refractivity contribution in [3.8, 4) is 5.75 Å². The molecule has 0 fully saturated rings. The van der Waals surface area contributed by atoms with Gasteiger partial charge in [0.1, 0.15) is 5.75 Å². The Hall–Kier alpha value is -1.86. The Labute approximate surface area is 168 Å². The van der Waals surface area contributed by atoms with Crippen LogP contribution in [-0.2, 0) is 23.2 Å². The van der Waals surface area contributed by atoms with Gasteiger partial charge in [-0.1, -0.05) is 26.8 Å². The Balaban J connectivity index is 1.45. The molecule has 1 aliphatic heterocycles. The van der Waals surface area contributed by atoms with E-state index in [4.69, 9.17) is 4.74 Å². The van der Waals surface area contributed by atoms with Gasteiger partial charge in [0.05, 0.1) is 16.8 Å². The number of carbonyl (C=O) groups is 1. The van der Waals surface area contributed by atoms with Crippen LogP contribution in [0.2, 0.25) is 0 Å². The van der Waals surface area contributed by atoms with E-state index in [0.717, 1.165) is 41.0 Å². The summed E-state index contributed by atoms with van der Waals surface area (Å²) in [4.78, 5) is 12.2. The molecule has 146 valence electrons. The topological polar surface area (TPSA) is 79.0 Å². The number of rotatable bonds is 6. The van der Waals surface area contributed by atoms with Gasteiger partial charge in [0.2, 0.25) is 5.91 Å². The fourth-order valence-corrected chi connectivity index (χ4v) is 3.53. The zero-order valence-electron chi connectivity index (χ0n) is 16.1. The molecule has 3 rings (SSSR count). The second-order valence-electron chi connectivity index (χ2n) is 7.85. The van der Waals surface area contributed by atoms with Crippen LogP contribution in [0.25, 0.3) is 0 Å². The Bertz CT molecular complexity index is 811. The molecule has 3 N–H and O–H groups in total.